The minimum absolute atomic E-state index is 0.376. The van der Waals surface area contributed by atoms with Crippen molar-refractivity contribution in [3.63, 3.8) is 0 Å². The Bertz CT molecular complexity index is 833. The van der Waals surface area contributed by atoms with Crippen LogP contribution in [-0.4, -0.2) is 23.6 Å². The van der Waals surface area contributed by atoms with Gasteiger partial charge < -0.3 is 15.0 Å². The average molecular weight is 385 g/mol. The van der Waals surface area contributed by atoms with Gasteiger partial charge in [-0.3, -0.25) is 4.79 Å². The summed E-state index contributed by atoms with van der Waals surface area (Å²) < 4.78 is 7.04. The molecule has 0 aliphatic carbocycles. The monoisotopic (exact) mass is 384 g/mol. The van der Waals surface area contributed by atoms with E-state index in [9.17, 15) is 9.59 Å². The second kappa shape index (κ2) is 9.58. The first-order valence-corrected chi connectivity index (χ1v) is 10.0. The standard InChI is InChI=1S/C23H32N2O3/c1-6-7-8-19-21(17-9-11-18(12-10-17)23(27)28-5)20(22(24)26)16(4)25(19)14-13-15(2)3/h9-12,15H,6-8,13-14H2,1-5H3,(H2,24,26). The van der Waals surface area contributed by atoms with E-state index >= 15 is 0 Å². The second-order valence-corrected chi connectivity index (χ2v) is 7.65. The number of nitrogens with two attached hydrogens (primary N) is 1. The fraction of sp³-hybridized carbons (Fsp3) is 0.478. The number of primary amides is 1. The van der Waals surface area contributed by atoms with Crippen LogP contribution in [0.5, 0.6) is 0 Å². The largest absolute Gasteiger partial charge is 0.465 e. The highest BCUT2D eigenvalue weighted by molar-refractivity contribution is 6.02. The van der Waals surface area contributed by atoms with Crippen LogP contribution in [0.2, 0.25) is 0 Å². The predicted octanol–water partition coefficient (Wildman–Crippen LogP) is 4.74. The fourth-order valence-corrected chi connectivity index (χ4v) is 3.59. The molecule has 0 spiro atoms. The van der Waals surface area contributed by atoms with Crippen molar-refractivity contribution in [2.75, 3.05) is 7.11 Å². The summed E-state index contributed by atoms with van der Waals surface area (Å²) in [6.45, 7) is 9.40. The SMILES string of the molecule is CCCCc1c(-c2ccc(C(=O)OC)cc2)c(C(N)=O)c(C)n1CCC(C)C. The van der Waals surface area contributed by atoms with E-state index < -0.39 is 5.91 Å². The number of methoxy groups -OCH3 is 1. The molecule has 1 amide bonds. The third-order valence-corrected chi connectivity index (χ3v) is 5.17. The molecular weight excluding hydrogens is 352 g/mol. The lowest BCUT2D eigenvalue weighted by molar-refractivity contribution is 0.0600. The summed E-state index contributed by atoms with van der Waals surface area (Å²) >= 11 is 0. The van der Waals surface area contributed by atoms with Crippen molar-refractivity contribution in [1.82, 2.24) is 4.57 Å². The van der Waals surface area contributed by atoms with Crippen molar-refractivity contribution >= 4 is 11.9 Å². The summed E-state index contributed by atoms with van der Waals surface area (Å²) in [6, 6.07) is 7.21. The number of rotatable bonds is 9. The Morgan fingerprint density at radius 2 is 1.82 bits per heavy atom. The topological polar surface area (TPSA) is 74.3 Å². The van der Waals surface area contributed by atoms with Gasteiger partial charge in [-0.1, -0.05) is 39.3 Å². The number of benzene rings is 1. The number of hydrogen-bond acceptors (Lipinski definition) is 3. The molecule has 5 heteroatoms. The summed E-state index contributed by atoms with van der Waals surface area (Å²) in [7, 11) is 1.36. The van der Waals surface area contributed by atoms with E-state index in [2.05, 4.69) is 25.3 Å². The van der Waals surface area contributed by atoms with Crippen LogP contribution in [0, 0.1) is 12.8 Å². The Hall–Kier alpha value is -2.56. The van der Waals surface area contributed by atoms with Gasteiger partial charge in [0, 0.05) is 23.5 Å². The molecule has 152 valence electrons. The van der Waals surface area contributed by atoms with E-state index in [1.807, 2.05) is 19.1 Å². The molecule has 0 unspecified atom stereocenters. The first kappa shape index (κ1) is 21.7. The molecule has 0 atom stereocenters. The Morgan fingerprint density at radius 3 is 2.32 bits per heavy atom. The Labute approximate surface area is 167 Å². The zero-order valence-electron chi connectivity index (χ0n) is 17.7. The van der Waals surface area contributed by atoms with Crippen molar-refractivity contribution in [2.24, 2.45) is 11.7 Å². The minimum Gasteiger partial charge on any atom is -0.465 e. The van der Waals surface area contributed by atoms with Gasteiger partial charge in [0.2, 0.25) is 0 Å². The van der Waals surface area contributed by atoms with Gasteiger partial charge in [-0.2, -0.15) is 0 Å². The van der Waals surface area contributed by atoms with Crippen molar-refractivity contribution in [2.45, 2.75) is 59.9 Å². The highest BCUT2D eigenvalue weighted by Crippen LogP contribution is 2.34. The van der Waals surface area contributed by atoms with E-state index in [0.29, 0.717) is 17.0 Å². The third-order valence-electron chi connectivity index (χ3n) is 5.17. The zero-order valence-corrected chi connectivity index (χ0v) is 17.7. The van der Waals surface area contributed by atoms with E-state index in [4.69, 9.17) is 10.5 Å². The van der Waals surface area contributed by atoms with Gasteiger partial charge in [-0.15, -0.1) is 0 Å². The molecular formula is C23H32N2O3. The van der Waals surface area contributed by atoms with Crippen LogP contribution in [0.15, 0.2) is 24.3 Å². The molecule has 2 N–H and O–H groups in total. The quantitative estimate of drug-likeness (QED) is 0.635. The Morgan fingerprint density at radius 1 is 1.18 bits per heavy atom. The maximum Gasteiger partial charge on any atom is 0.337 e. The first-order chi connectivity index (χ1) is 13.3. The fourth-order valence-electron chi connectivity index (χ4n) is 3.59. The van der Waals surface area contributed by atoms with Gasteiger partial charge >= 0.3 is 5.97 Å². The van der Waals surface area contributed by atoms with Crippen LogP contribution in [0.4, 0.5) is 0 Å². The van der Waals surface area contributed by atoms with Crippen LogP contribution < -0.4 is 5.73 Å². The van der Waals surface area contributed by atoms with Crippen LogP contribution in [0.3, 0.4) is 0 Å². The molecule has 0 radical (unpaired) electrons. The predicted molar refractivity (Wildman–Crippen MR) is 113 cm³/mol. The molecule has 0 aliphatic rings. The minimum atomic E-state index is -0.411. The van der Waals surface area contributed by atoms with Crippen LogP contribution in [-0.2, 0) is 17.7 Å². The summed E-state index contributed by atoms with van der Waals surface area (Å²) in [5.74, 6) is -0.218. The van der Waals surface area contributed by atoms with Crippen LogP contribution >= 0.6 is 0 Å². The van der Waals surface area contributed by atoms with Crippen molar-refractivity contribution in [1.29, 1.82) is 0 Å². The number of amides is 1. The number of aromatic nitrogens is 1. The van der Waals surface area contributed by atoms with Crippen LogP contribution in [0.1, 0.15) is 72.1 Å². The Kier molecular flexibility index (Phi) is 7.44. The second-order valence-electron chi connectivity index (χ2n) is 7.65. The third kappa shape index (κ3) is 4.64. The summed E-state index contributed by atoms with van der Waals surface area (Å²) in [5.41, 5.74) is 10.7. The molecule has 0 saturated heterocycles. The van der Waals surface area contributed by atoms with Gasteiger partial charge in [0.05, 0.1) is 18.2 Å². The summed E-state index contributed by atoms with van der Waals surface area (Å²) in [6.07, 6.45) is 4.03. The number of hydrogen-bond donors (Lipinski definition) is 1. The number of carbonyl (C=O) groups is 2. The number of unbranched alkanes of at least 4 members (excludes halogenated alkanes) is 1. The maximum atomic E-state index is 12.3. The summed E-state index contributed by atoms with van der Waals surface area (Å²) in [4.78, 5) is 24.1. The highest BCUT2D eigenvalue weighted by Gasteiger charge is 2.24. The number of carbonyl (C=O) groups excluding carboxylic acids is 2. The van der Waals surface area contributed by atoms with Gasteiger partial charge in [-0.05, 0) is 49.8 Å². The first-order valence-electron chi connectivity index (χ1n) is 10.0. The van der Waals surface area contributed by atoms with Crippen molar-refractivity contribution in [3.8, 4) is 11.1 Å². The van der Waals surface area contributed by atoms with Crippen LogP contribution in [0.25, 0.3) is 11.1 Å². The Balaban J connectivity index is 2.63. The van der Waals surface area contributed by atoms with Crippen molar-refractivity contribution < 1.29 is 14.3 Å². The number of esters is 1. The molecule has 5 nitrogen and oxygen atoms in total. The van der Waals surface area contributed by atoms with Gasteiger partial charge in [0.15, 0.2) is 0 Å². The lowest BCUT2D eigenvalue weighted by Crippen LogP contribution is -2.13. The summed E-state index contributed by atoms with van der Waals surface area (Å²) in [5, 5.41) is 0. The molecule has 1 aromatic heterocycles. The van der Waals surface area contributed by atoms with Gasteiger partial charge in [-0.25, -0.2) is 4.79 Å². The molecule has 2 aromatic rings. The maximum absolute atomic E-state index is 12.3. The van der Waals surface area contributed by atoms with Crippen molar-refractivity contribution in [3.05, 3.63) is 46.8 Å². The molecule has 0 aliphatic heterocycles. The molecule has 0 saturated carbocycles. The molecule has 1 aromatic carbocycles. The van der Waals surface area contributed by atoms with Gasteiger partial charge in [0.1, 0.15) is 0 Å². The van der Waals surface area contributed by atoms with E-state index in [-0.39, 0.29) is 5.97 Å². The molecule has 1 heterocycles. The smallest absolute Gasteiger partial charge is 0.337 e. The molecule has 2 rings (SSSR count). The number of ether oxygens (including phenoxy) is 1. The highest BCUT2D eigenvalue weighted by atomic mass is 16.5. The molecule has 0 fully saturated rings. The lowest BCUT2D eigenvalue weighted by Gasteiger charge is -2.14. The molecule has 0 bridgehead atoms. The van der Waals surface area contributed by atoms with E-state index in [1.54, 1.807) is 12.1 Å². The van der Waals surface area contributed by atoms with Gasteiger partial charge in [0.25, 0.3) is 5.91 Å². The zero-order chi connectivity index (χ0) is 20.8. The lowest BCUT2D eigenvalue weighted by atomic mass is 9.96. The number of nitrogens with zero attached hydrogens (tertiary/aromatic N) is 1. The van der Waals surface area contributed by atoms with E-state index in [1.165, 1.54) is 7.11 Å². The normalized spacial score (nSPS) is 11.1. The molecule has 28 heavy (non-hydrogen) atoms. The van der Waals surface area contributed by atoms with E-state index in [0.717, 1.165) is 54.7 Å². The average Bonchev–Trinajstić information content (AvgIpc) is 2.95.